The molecule has 0 heterocycles. The Morgan fingerprint density at radius 1 is 1.35 bits per heavy atom. The molecule has 0 aliphatic heterocycles. The Morgan fingerprint density at radius 2 is 2.00 bits per heavy atom. The van der Waals surface area contributed by atoms with Crippen LogP contribution in [0.1, 0.15) is 45.4 Å². The first-order chi connectivity index (χ1) is 7.97. The van der Waals surface area contributed by atoms with Crippen molar-refractivity contribution in [3.8, 4) is 0 Å². The average molecular weight is 263 g/mol. The average Bonchev–Trinajstić information content (AvgIpc) is 2.28. The predicted octanol–water partition coefficient (Wildman–Crippen LogP) is 0.823. The fraction of sp³-hybridized carbons (Fsp3) is 1.00. The first kappa shape index (κ1) is 14.9. The Bertz CT molecular complexity index is 319. The number of hydrogen-bond donors (Lipinski definition) is 2. The van der Waals surface area contributed by atoms with Crippen LogP contribution in [0.25, 0.3) is 0 Å². The molecule has 0 aromatic heterocycles. The Hall–Kier alpha value is -0.170. The van der Waals surface area contributed by atoms with Crippen LogP contribution in [-0.4, -0.2) is 38.4 Å². The minimum absolute atomic E-state index is 0.0434. The molecule has 0 amide bonds. The summed E-state index contributed by atoms with van der Waals surface area (Å²) in [4.78, 5) is 0. The third-order valence-electron chi connectivity index (χ3n) is 3.36. The molecule has 6 heteroatoms. The van der Waals surface area contributed by atoms with E-state index in [4.69, 9.17) is 5.73 Å². The van der Waals surface area contributed by atoms with E-state index in [1.807, 2.05) is 6.92 Å². The molecule has 3 N–H and O–H groups in total. The first-order valence-electron chi connectivity index (χ1n) is 6.46. The Morgan fingerprint density at radius 3 is 2.59 bits per heavy atom. The number of unbranched alkanes of at least 4 members (excludes halogenated alkanes) is 1. The second-order valence-electron chi connectivity index (χ2n) is 4.85. The van der Waals surface area contributed by atoms with E-state index in [0.29, 0.717) is 6.54 Å². The molecule has 1 rings (SSSR count). The van der Waals surface area contributed by atoms with Gasteiger partial charge in [-0.3, -0.25) is 0 Å². The summed E-state index contributed by atoms with van der Waals surface area (Å²) in [6.07, 6.45) is 5.79. The van der Waals surface area contributed by atoms with Gasteiger partial charge in [0.1, 0.15) is 0 Å². The summed E-state index contributed by atoms with van der Waals surface area (Å²) in [7, 11) is -1.74. The van der Waals surface area contributed by atoms with Gasteiger partial charge in [0.15, 0.2) is 0 Å². The molecule has 0 radical (unpaired) electrons. The van der Waals surface area contributed by atoms with Crippen LogP contribution < -0.4 is 10.5 Å². The predicted molar refractivity (Wildman–Crippen MR) is 69.8 cm³/mol. The molecule has 0 saturated heterocycles. The van der Waals surface area contributed by atoms with Gasteiger partial charge in [-0.15, -0.1) is 0 Å². The summed E-state index contributed by atoms with van der Waals surface area (Å²) in [6.45, 7) is 2.61. The second kappa shape index (κ2) is 6.68. The quantitative estimate of drug-likeness (QED) is 0.745. The van der Waals surface area contributed by atoms with E-state index in [1.54, 1.807) is 7.05 Å². The molecule has 2 atom stereocenters. The van der Waals surface area contributed by atoms with E-state index in [1.165, 1.54) is 4.31 Å². The summed E-state index contributed by atoms with van der Waals surface area (Å²) in [6, 6.07) is -0.143. The highest BCUT2D eigenvalue weighted by atomic mass is 32.2. The second-order valence-corrected chi connectivity index (χ2v) is 6.66. The zero-order valence-corrected chi connectivity index (χ0v) is 11.7. The molecule has 1 fully saturated rings. The van der Waals surface area contributed by atoms with E-state index >= 15 is 0 Å². The topological polar surface area (TPSA) is 75.4 Å². The van der Waals surface area contributed by atoms with E-state index < -0.39 is 10.2 Å². The summed E-state index contributed by atoms with van der Waals surface area (Å²) < 4.78 is 28.1. The van der Waals surface area contributed by atoms with E-state index in [0.717, 1.165) is 38.5 Å². The van der Waals surface area contributed by atoms with Gasteiger partial charge in [-0.2, -0.15) is 17.4 Å². The molecular formula is C11H25N3O2S. The lowest BCUT2D eigenvalue weighted by Gasteiger charge is -2.30. The van der Waals surface area contributed by atoms with Crippen LogP contribution in [0.3, 0.4) is 0 Å². The van der Waals surface area contributed by atoms with E-state index in [9.17, 15) is 8.42 Å². The molecule has 5 nitrogen and oxygen atoms in total. The Labute approximate surface area is 105 Å². The van der Waals surface area contributed by atoms with Crippen molar-refractivity contribution >= 4 is 10.2 Å². The molecule has 0 bridgehead atoms. The van der Waals surface area contributed by atoms with Crippen molar-refractivity contribution in [2.45, 2.75) is 57.5 Å². The Kier molecular flexibility index (Phi) is 5.85. The monoisotopic (exact) mass is 263 g/mol. The summed E-state index contributed by atoms with van der Waals surface area (Å²) >= 11 is 0. The molecule has 17 heavy (non-hydrogen) atoms. The number of nitrogens with one attached hydrogen (secondary N) is 1. The highest BCUT2D eigenvalue weighted by Gasteiger charge is 2.28. The fourth-order valence-electron chi connectivity index (χ4n) is 2.09. The number of nitrogens with two attached hydrogens (primary N) is 1. The van der Waals surface area contributed by atoms with Crippen molar-refractivity contribution in [1.29, 1.82) is 0 Å². The molecule has 1 aliphatic rings. The van der Waals surface area contributed by atoms with E-state index in [2.05, 4.69) is 4.72 Å². The lowest BCUT2D eigenvalue weighted by molar-refractivity contribution is 0.349. The maximum atomic E-state index is 12.0. The van der Waals surface area contributed by atoms with E-state index in [-0.39, 0.29) is 12.1 Å². The van der Waals surface area contributed by atoms with Crippen LogP contribution in [0.15, 0.2) is 0 Å². The third-order valence-corrected chi connectivity index (χ3v) is 4.96. The van der Waals surface area contributed by atoms with Crippen LogP contribution in [0.2, 0.25) is 0 Å². The highest BCUT2D eigenvalue weighted by molar-refractivity contribution is 7.87. The van der Waals surface area contributed by atoms with Gasteiger partial charge in [-0.25, -0.2) is 0 Å². The van der Waals surface area contributed by atoms with Crippen LogP contribution in [-0.2, 0) is 10.2 Å². The minimum Gasteiger partial charge on any atom is -0.326 e. The molecule has 102 valence electrons. The Balaban J connectivity index is 2.52. The molecule has 0 spiro atoms. The van der Waals surface area contributed by atoms with Gasteiger partial charge in [-0.1, -0.05) is 26.2 Å². The van der Waals surface area contributed by atoms with Gasteiger partial charge < -0.3 is 5.73 Å². The van der Waals surface area contributed by atoms with Crippen molar-refractivity contribution in [3.05, 3.63) is 0 Å². The summed E-state index contributed by atoms with van der Waals surface area (Å²) in [5.41, 5.74) is 5.94. The maximum absolute atomic E-state index is 12.0. The highest BCUT2D eigenvalue weighted by Crippen LogP contribution is 2.18. The van der Waals surface area contributed by atoms with Crippen LogP contribution in [0.4, 0.5) is 0 Å². The van der Waals surface area contributed by atoms with Crippen molar-refractivity contribution < 1.29 is 8.42 Å². The van der Waals surface area contributed by atoms with Crippen LogP contribution in [0.5, 0.6) is 0 Å². The third kappa shape index (κ3) is 4.54. The maximum Gasteiger partial charge on any atom is 0.279 e. The standard InChI is InChI=1S/C11H25N3O2S/c1-3-4-9-14(2)17(15,16)13-11-8-6-5-7-10(11)12/h10-11,13H,3-9,12H2,1-2H3/t10-,11-/m1/s1. The lowest BCUT2D eigenvalue weighted by atomic mass is 9.92. The van der Waals surface area contributed by atoms with Gasteiger partial charge >= 0.3 is 0 Å². The molecular weight excluding hydrogens is 238 g/mol. The smallest absolute Gasteiger partial charge is 0.279 e. The van der Waals surface area contributed by atoms with Crippen LogP contribution >= 0.6 is 0 Å². The zero-order chi connectivity index (χ0) is 12.9. The largest absolute Gasteiger partial charge is 0.326 e. The van der Waals surface area contributed by atoms with Gasteiger partial charge in [0.25, 0.3) is 10.2 Å². The number of nitrogens with zero attached hydrogens (tertiary/aromatic N) is 1. The molecule has 1 saturated carbocycles. The van der Waals surface area contributed by atoms with Crippen molar-refractivity contribution in [2.75, 3.05) is 13.6 Å². The number of rotatable bonds is 6. The van der Waals surface area contributed by atoms with Gasteiger partial charge in [0.05, 0.1) is 0 Å². The SMILES string of the molecule is CCCCN(C)S(=O)(=O)N[C@@H]1CCCC[C@H]1N. The minimum atomic E-state index is -3.36. The van der Waals surface area contributed by atoms with Crippen molar-refractivity contribution in [3.63, 3.8) is 0 Å². The normalized spacial score (nSPS) is 26.4. The van der Waals surface area contributed by atoms with Crippen molar-refractivity contribution in [2.24, 2.45) is 5.73 Å². The van der Waals surface area contributed by atoms with Crippen LogP contribution in [0, 0.1) is 0 Å². The molecule has 0 unspecified atom stereocenters. The zero-order valence-electron chi connectivity index (χ0n) is 10.9. The molecule has 1 aliphatic carbocycles. The molecule has 0 aromatic carbocycles. The van der Waals surface area contributed by atoms with Gasteiger partial charge in [0, 0.05) is 25.7 Å². The van der Waals surface area contributed by atoms with Gasteiger partial charge in [0.2, 0.25) is 0 Å². The summed E-state index contributed by atoms with van der Waals surface area (Å²) in [5.74, 6) is 0. The molecule has 0 aromatic rings. The summed E-state index contributed by atoms with van der Waals surface area (Å²) in [5, 5.41) is 0. The first-order valence-corrected chi connectivity index (χ1v) is 7.90. The lowest BCUT2D eigenvalue weighted by Crippen LogP contribution is -2.52. The van der Waals surface area contributed by atoms with Crippen molar-refractivity contribution in [1.82, 2.24) is 9.03 Å². The number of hydrogen-bond acceptors (Lipinski definition) is 3. The fourth-order valence-corrected chi connectivity index (χ4v) is 3.31. The van der Waals surface area contributed by atoms with Gasteiger partial charge in [-0.05, 0) is 19.3 Å².